The standard InChI is InChI=1S/C15H30N2/c1-13-7-8-14(11-13)16-12-15(17(2)3)9-5-4-6-10-15/h13-14,16H,4-12H2,1-3H3. The predicted molar refractivity (Wildman–Crippen MR) is 74.3 cm³/mol. The van der Waals surface area contributed by atoms with Crippen molar-refractivity contribution in [3.05, 3.63) is 0 Å². The van der Waals surface area contributed by atoms with Crippen LogP contribution in [0.5, 0.6) is 0 Å². The fourth-order valence-electron chi connectivity index (χ4n) is 3.72. The van der Waals surface area contributed by atoms with Gasteiger partial charge in [-0.1, -0.05) is 26.2 Å². The largest absolute Gasteiger partial charge is 0.312 e. The van der Waals surface area contributed by atoms with Gasteiger partial charge in [-0.15, -0.1) is 0 Å². The highest BCUT2D eigenvalue weighted by Gasteiger charge is 2.35. The summed E-state index contributed by atoms with van der Waals surface area (Å²) >= 11 is 0. The van der Waals surface area contributed by atoms with E-state index in [9.17, 15) is 0 Å². The summed E-state index contributed by atoms with van der Waals surface area (Å²) in [4.78, 5) is 2.48. The van der Waals surface area contributed by atoms with Gasteiger partial charge in [-0.3, -0.25) is 0 Å². The van der Waals surface area contributed by atoms with Gasteiger partial charge in [0.25, 0.3) is 0 Å². The lowest BCUT2D eigenvalue weighted by Crippen LogP contribution is -2.54. The molecule has 0 aliphatic heterocycles. The summed E-state index contributed by atoms with van der Waals surface area (Å²) in [7, 11) is 4.54. The third-order valence-electron chi connectivity index (χ3n) is 5.15. The molecular weight excluding hydrogens is 208 g/mol. The molecular formula is C15H30N2. The third-order valence-corrected chi connectivity index (χ3v) is 5.15. The molecule has 0 radical (unpaired) electrons. The molecule has 2 rings (SSSR count). The summed E-state index contributed by atoms with van der Waals surface area (Å²) in [5.41, 5.74) is 0.448. The predicted octanol–water partition coefficient (Wildman–Crippen LogP) is 3.03. The summed E-state index contributed by atoms with van der Waals surface area (Å²) in [6.07, 6.45) is 11.3. The summed E-state index contributed by atoms with van der Waals surface area (Å²) in [6.45, 7) is 3.60. The van der Waals surface area contributed by atoms with Gasteiger partial charge in [0.2, 0.25) is 0 Å². The Hall–Kier alpha value is -0.0800. The van der Waals surface area contributed by atoms with Crippen molar-refractivity contribution in [1.82, 2.24) is 10.2 Å². The molecule has 2 aliphatic carbocycles. The Morgan fingerprint density at radius 3 is 2.35 bits per heavy atom. The minimum atomic E-state index is 0.448. The van der Waals surface area contributed by atoms with Crippen LogP contribution in [0.15, 0.2) is 0 Å². The molecule has 2 heteroatoms. The zero-order chi connectivity index (χ0) is 12.3. The molecule has 0 saturated heterocycles. The highest BCUT2D eigenvalue weighted by Crippen LogP contribution is 2.32. The first-order valence-electron chi connectivity index (χ1n) is 7.53. The third kappa shape index (κ3) is 3.23. The summed E-state index contributed by atoms with van der Waals surface area (Å²) in [5, 5.41) is 3.86. The van der Waals surface area contributed by atoms with Gasteiger partial charge >= 0.3 is 0 Å². The van der Waals surface area contributed by atoms with E-state index in [1.807, 2.05) is 0 Å². The Kier molecular flexibility index (Phi) is 4.48. The first-order valence-corrected chi connectivity index (χ1v) is 7.53. The zero-order valence-electron chi connectivity index (χ0n) is 12.0. The van der Waals surface area contributed by atoms with Gasteiger partial charge < -0.3 is 10.2 Å². The van der Waals surface area contributed by atoms with Crippen molar-refractivity contribution >= 4 is 0 Å². The van der Waals surface area contributed by atoms with Crippen LogP contribution in [0.25, 0.3) is 0 Å². The number of likely N-dealkylation sites (N-methyl/N-ethyl adjacent to an activating group) is 1. The fourth-order valence-corrected chi connectivity index (χ4v) is 3.72. The summed E-state index contributed by atoms with van der Waals surface area (Å²) in [5.74, 6) is 0.939. The van der Waals surface area contributed by atoms with E-state index in [4.69, 9.17) is 0 Å². The van der Waals surface area contributed by atoms with Gasteiger partial charge in [0.15, 0.2) is 0 Å². The van der Waals surface area contributed by atoms with E-state index in [0.717, 1.165) is 12.0 Å². The van der Waals surface area contributed by atoms with E-state index in [1.165, 1.54) is 57.9 Å². The Balaban J connectivity index is 1.85. The average Bonchev–Trinajstić information content (AvgIpc) is 2.74. The van der Waals surface area contributed by atoms with Crippen molar-refractivity contribution in [2.75, 3.05) is 20.6 Å². The topological polar surface area (TPSA) is 15.3 Å². The van der Waals surface area contributed by atoms with Crippen molar-refractivity contribution in [2.45, 2.75) is 69.9 Å². The molecule has 0 amide bonds. The summed E-state index contributed by atoms with van der Waals surface area (Å²) in [6, 6.07) is 0.795. The van der Waals surface area contributed by atoms with Crippen molar-refractivity contribution < 1.29 is 0 Å². The lowest BCUT2D eigenvalue weighted by molar-refractivity contribution is 0.0952. The number of hydrogen-bond donors (Lipinski definition) is 1. The minimum absolute atomic E-state index is 0.448. The minimum Gasteiger partial charge on any atom is -0.312 e. The normalized spacial score (nSPS) is 33.2. The Labute approximate surface area is 107 Å². The van der Waals surface area contributed by atoms with Crippen LogP contribution in [-0.4, -0.2) is 37.1 Å². The average molecular weight is 238 g/mol. The molecule has 0 aromatic rings. The van der Waals surface area contributed by atoms with Crippen LogP contribution in [0.2, 0.25) is 0 Å². The molecule has 2 saturated carbocycles. The van der Waals surface area contributed by atoms with E-state index in [2.05, 4.69) is 31.2 Å². The molecule has 100 valence electrons. The van der Waals surface area contributed by atoms with Crippen LogP contribution in [0.1, 0.15) is 58.3 Å². The highest BCUT2D eigenvalue weighted by molar-refractivity contribution is 4.94. The van der Waals surface area contributed by atoms with E-state index < -0.39 is 0 Å². The molecule has 0 aromatic heterocycles. The molecule has 2 nitrogen and oxygen atoms in total. The first kappa shape index (κ1) is 13.4. The van der Waals surface area contributed by atoms with Crippen LogP contribution in [0.3, 0.4) is 0 Å². The first-order chi connectivity index (χ1) is 8.12. The summed E-state index contributed by atoms with van der Waals surface area (Å²) < 4.78 is 0. The van der Waals surface area contributed by atoms with Crippen LogP contribution in [0, 0.1) is 5.92 Å². The maximum absolute atomic E-state index is 3.86. The zero-order valence-corrected chi connectivity index (χ0v) is 12.0. The van der Waals surface area contributed by atoms with Gasteiger partial charge in [0, 0.05) is 18.1 Å². The molecule has 0 bridgehead atoms. The lowest BCUT2D eigenvalue weighted by atomic mass is 9.80. The van der Waals surface area contributed by atoms with Gasteiger partial charge in [-0.2, -0.15) is 0 Å². The second-order valence-corrected chi connectivity index (χ2v) is 6.68. The van der Waals surface area contributed by atoms with E-state index in [0.29, 0.717) is 5.54 Å². The molecule has 17 heavy (non-hydrogen) atoms. The maximum Gasteiger partial charge on any atom is 0.0327 e. The van der Waals surface area contributed by atoms with Gasteiger partial charge in [-0.25, -0.2) is 0 Å². The molecule has 0 aromatic carbocycles. The lowest BCUT2D eigenvalue weighted by Gasteiger charge is -2.44. The van der Waals surface area contributed by atoms with Crippen molar-refractivity contribution in [3.63, 3.8) is 0 Å². The molecule has 0 heterocycles. The van der Waals surface area contributed by atoms with Crippen molar-refractivity contribution in [2.24, 2.45) is 5.92 Å². The van der Waals surface area contributed by atoms with Gasteiger partial charge in [-0.05, 0) is 52.1 Å². The van der Waals surface area contributed by atoms with E-state index >= 15 is 0 Å². The van der Waals surface area contributed by atoms with Gasteiger partial charge in [0.1, 0.15) is 0 Å². The maximum atomic E-state index is 3.86. The van der Waals surface area contributed by atoms with Crippen molar-refractivity contribution in [3.8, 4) is 0 Å². The fraction of sp³-hybridized carbons (Fsp3) is 1.00. The molecule has 2 unspecified atom stereocenters. The molecule has 2 fully saturated rings. The smallest absolute Gasteiger partial charge is 0.0327 e. The Morgan fingerprint density at radius 1 is 1.12 bits per heavy atom. The molecule has 2 atom stereocenters. The number of rotatable bonds is 4. The second-order valence-electron chi connectivity index (χ2n) is 6.68. The van der Waals surface area contributed by atoms with E-state index in [1.54, 1.807) is 0 Å². The van der Waals surface area contributed by atoms with Gasteiger partial charge in [0.05, 0.1) is 0 Å². The molecule has 0 spiro atoms. The highest BCUT2D eigenvalue weighted by atomic mass is 15.2. The Bertz CT molecular complexity index is 231. The quantitative estimate of drug-likeness (QED) is 0.810. The molecule has 1 N–H and O–H groups in total. The Morgan fingerprint density at radius 2 is 1.82 bits per heavy atom. The van der Waals surface area contributed by atoms with Crippen molar-refractivity contribution in [1.29, 1.82) is 0 Å². The number of nitrogens with one attached hydrogen (secondary N) is 1. The van der Waals surface area contributed by atoms with Crippen LogP contribution < -0.4 is 5.32 Å². The monoisotopic (exact) mass is 238 g/mol. The second kappa shape index (κ2) is 5.71. The van der Waals surface area contributed by atoms with Crippen LogP contribution in [-0.2, 0) is 0 Å². The number of nitrogens with zero attached hydrogens (tertiary/aromatic N) is 1. The van der Waals surface area contributed by atoms with Crippen LogP contribution in [0.4, 0.5) is 0 Å². The van der Waals surface area contributed by atoms with Crippen LogP contribution >= 0.6 is 0 Å². The molecule has 2 aliphatic rings. The number of hydrogen-bond acceptors (Lipinski definition) is 2. The van der Waals surface area contributed by atoms with E-state index in [-0.39, 0.29) is 0 Å². The SMILES string of the molecule is CC1CCC(NCC2(N(C)C)CCCCC2)C1.